The molecule has 0 spiro atoms. The van der Waals surface area contributed by atoms with Gasteiger partial charge in [0.05, 0.1) is 0 Å². The first-order valence-electron chi connectivity index (χ1n) is 9.39. The summed E-state index contributed by atoms with van der Waals surface area (Å²) in [5, 5.41) is 9.83. The molecule has 3 aliphatic carbocycles. The number of carbonyl (C=O) groups excluding carboxylic acids is 1. The van der Waals surface area contributed by atoms with E-state index in [1.54, 1.807) is 0 Å². The van der Waals surface area contributed by atoms with Crippen molar-refractivity contribution in [3.05, 3.63) is 29.3 Å². The van der Waals surface area contributed by atoms with Gasteiger partial charge in [0.1, 0.15) is 11.9 Å². The number of hydrogen-bond acceptors (Lipinski definition) is 3. The van der Waals surface area contributed by atoms with Gasteiger partial charge in [0.2, 0.25) is 0 Å². The van der Waals surface area contributed by atoms with Crippen molar-refractivity contribution in [2.75, 3.05) is 0 Å². The van der Waals surface area contributed by atoms with Gasteiger partial charge in [-0.05, 0) is 79.0 Å². The minimum absolute atomic E-state index is 0.0920. The zero-order valence-corrected chi connectivity index (χ0v) is 14.9. The van der Waals surface area contributed by atoms with Gasteiger partial charge < -0.3 is 9.84 Å². The number of esters is 1. The van der Waals surface area contributed by atoms with Gasteiger partial charge in [0.15, 0.2) is 0 Å². The molecule has 3 nitrogen and oxygen atoms in total. The van der Waals surface area contributed by atoms with Crippen LogP contribution in [0.3, 0.4) is 0 Å². The molecule has 0 saturated heterocycles. The lowest BCUT2D eigenvalue weighted by atomic mass is 9.53. The van der Waals surface area contributed by atoms with Crippen molar-refractivity contribution in [2.24, 2.45) is 23.2 Å². The summed E-state index contributed by atoms with van der Waals surface area (Å²) >= 11 is 0. The number of carbonyl (C=O) groups is 1. The van der Waals surface area contributed by atoms with E-state index in [0.717, 1.165) is 25.7 Å². The Labute approximate surface area is 144 Å². The van der Waals surface area contributed by atoms with Gasteiger partial charge in [-0.3, -0.25) is 4.79 Å². The van der Waals surface area contributed by atoms with Crippen LogP contribution < -0.4 is 0 Å². The standard InChI is InChI=1S/C21H28O3/c1-12-10-14-11-15(23)4-5-16(14)17-8-9-21(3)18(20(12)17)6-7-19(21)24-13(2)22/h4-5,11-12,17-20,23H,6-10H2,1-3H3/t12-,17?,18?,19+,20?,21+/m1/s1. The van der Waals surface area contributed by atoms with Crippen LogP contribution in [0.1, 0.15) is 63.5 Å². The van der Waals surface area contributed by atoms with Crippen LogP contribution in [-0.4, -0.2) is 17.2 Å². The number of fused-ring (bicyclic) bond motifs is 5. The third-order valence-electron chi connectivity index (χ3n) is 7.28. The van der Waals surface area contributed by atoms with Crippen molar-refractivity contribution in [3.63, 3.8) is 0 Å². The fraction of sp³-hybridized carbons (Fsp3) is 0.667. The van der Waals surface area contributed by atoms with E-state index >= 15 is 0 Å². The maximum atomic E-state index is 11.5. The van der Waals surface area contributed by atoms with Crippen LogP contribution in [0.2, 0.25) is 0 Å². The van der Waals surface area contributed by atoms with Crippen LogP contribution in [0.25, 0.3) is 0 Å². The average molecular weight is 328 g/mol. The van der Waals surface area contributed by atoms with Crippen molar-refractivity contribution < 1.29 is 14.6 Å². The molecule has 4 rings (SSSR count). The molecule has 1 aromatic carbocycles. The van der Waals surface area contributed by atoms with Gasteiger partial charge in [-0.25, -0.2) is 0 Å². The summed E-state index contributed by atoms with van der Waals surface area (Å²) < 4.78 is 5.71. The third-order valence-corrected chi connectivity index (χ3v) is 7.28. The smallest absolute Gasteiger partial charge is 0.302 e. The Balaban J connectivity index is 1.68. The Morgan fingerprint density at radius 3 is 2.83 bits per heavy atom. The summed E-state index contributed by atoms with van der Waals surface area (Å²) in [7, 11) is 0. The highest BCUT2D eigenvalue weighted by Gasteiger charge is 2.57. The van der Waals surface area contributed by atoms with E-state index < -0.39 is 0 Å². The Bertz CT molecular complexity index is 667. The number of aromatic hydroxyl groups is 1. The molecule has 0 aliphatic heterocycles. The topological polar surface area (TPSA) is 46.5 Å². The molecule has 0 aromatic heterocycles. The first-order chi connectivity index (χ1) is 11.4. The molecule has 0 radical (unpaired) electrons. The molecule has 2 fully saturated rings. The Morgan fingerprint density at radius 1 is 1.29 bits per heavy atom. The summed E-state index contributed by atoms with van der Waals surface area (Å²) in [5.74, 6) is 2.76. The van der Waals surface area contributed by atoms with Crippen LogP contribution in [0.5, 0.6) is 5.75 Å². The lowest BCUT2D eigenvalue weighted by molar-refractivity contribution is -0.155. The highest BCUT2D eigenvalue weighted by Crippen LogP contribution is 2.62. The van der Waals surface area contributed by atoms with E-state index in [2.05, 4.69) is 19.9 Å². The predicted molar refractivity (Wildman–Crippen MR) is 92.8 cm³/mol. The summed E-state index contributed by atoms with van der Waals surface area (Å²) in [6.45, 7) is 6.26. The maximum Gasteiger partial charge on any atom is 0.302 e. The number of phenols is 1. The van der Waals surface area contributed by atoms with Crippen molar-refractivity contribution in [1.82, 2.24) is 0 Å². The van der Waals surface area contributed by atoms with Gasteiger partial charge >= 0.3 is 5.97 Å². The van der Waals surface area contributed by atoms with E-state index in [1.165, 1.54) is 24.5 Å². The Hall–Kier alpha value is -1.51. The lowest BCUT2D eigenvalue weighted by Crippen LogP contribution is -2.47. The van der Waals surface area contributed by atoms with Gasteiger partial charge in [-0.1, -0.05) is 19.9 Å². The van der Waals surface area contributed by atoms with E-state index in [0.29, 0.717) is 29.4 Å². The van der Waals surface area contributed by atoms with E-state index in [9.17, 15) is 9.90 Å². The quantitative estimate of drug-likeness (QED) is 0.776. The molecule has 3 heteroatoms. The second-order valence-electron chi connectivity index (χ2n) is 8.57. The number of rotatable bonds is 1. The van der Waals surface area contributed by atoms with Gasteiger partial charge in [0, 0.05) is 12.3 Å². The monoisotopic (exact) mass is 328 g/mol. The second kappa shape index (κ2) is 5.50. The molecule has 0 bridgehead atoms. The molecule has 1 N–H and O–H groups in total. The fourth-order valence-corrected chi connectivity index (χ4v) is 6.31. The minimum Gasteiger partial charge on any atom is -0.508 e. The number of hydrogen-bond donors (Lipinski definition) is 1. The molecule has 24 heavy (non-hydrogen) atoms. The summed E-state index contributed by atoms with van der Waals surface area (Å²) in [6, 6.07) is 5.96. The van der Waals surface area contributed by atoms with Crippen molar-refractivity contribution >= 4 is 5.97 Å². The van der Waals surface area contributed by atoms with Crippen LogP contribution in [0.4, 0.5) is 0 Å². The van der Waals surface area contributed by atoms with Crippen molar-refractivity contribution in [3.8, 4) is 5.75 Å². The van der Waals surface area contributed by atoms with Gasteiger partial charge in [-0.2, -0.15) is 0 Å². The Morgan fingerprint density at radius 2 is 2.08 bits per heavy atom. The van der Waals surface area contributed by atoms with Gasteiger partial charge in [0.25, 0.3) is 0 Å². The highest BCUT2D eigenvalue weighted by molar-refractivity contribution is 5.66. The molecule has 2 saturated carbocycles. The number of phenolic OH excluding ortho intramolecular Hbond substituents is 1. The average Bonchev–Trinajstić information content (AvgIpc) is 2.83. The first-order valence-corrected chi connectivity index (χ1v) is 9.39. The number of ether oxygens (including phenoxy) is 1. The predicted octanol–water partition coefficient (Wildman–Crippen LogP) is 4.43. The zero-order valence-electron chi connectivity index (χ0n) is 14.9. The molecule has 0 heterocycles. The molecule has 130 valence electrons. The molecule has 6 atom stereocenters. The minimum atomic E-state index is -0.137. The highest BCUT2D eigenvalue weighted by atomic mass is 16.5. The SMILES string of the molecule is CC(=O)O[C@H]1CCC2C3C(CC[C@@]21C)c1ccc(O)cc1C[C@H]3C. The fourth-order valence-electron chi connectivity index (χ4n) is 6.31. The normalized spacial score (nSPS) is 40.4. The summed E-state index contributed by atoms with van der Waals surface area (Å²) in [5.41, 5.74) is 2.92. The molecule has 3 unspecified atom stereocenters. The summed E-state index contributed by atoms with van der Waals surface area (Å²) in [4.78, 5) is 11.5. The largest absolute Gasteiger partial charge is 0.508 e. The van der Waals surface area contributed by atoms with Crippen LogP contribution in [-0.2, 0) is 16.0 Å². The van der Waals surface area contributed by atoms with Crippen LogP contribution in [0, 0.1) is 23.2 Å². The molecular weight excluding hydrogens is 300 g/mol. The second-order valence-corrected chi connectivity index (χ2v) is 8.57. The summed E-state index contributed by atoms with van der Waals surface area (Å²) in [6.07, 6.45) is 5.62. The van der Waals surface area contributed by atoms with Crippen LogP contribution in [0.15, 0.2) is 18.2 Å². The molecule has 3 aliphatic rings. The molecular formula is C21H28O3. The van der Waals surface area contributed by atoms with E-state index in [4.69, 9.17) is 4.74 Å². The van der Waals surface area contributed by atoms with Crippen molar-refractivity contribution in [2.45, 2.75) is 64.9 Å². The molecule has 0 amide bonds. The first kappa shape index (κ1) is 16.0. The third kappa shape index (κ3) is 2.28. The Kier molecular flexibility index (Phi) is 3.67. The molecule has 1 aromatic rings. The number of benzene rings is 1. The zero-order chi connectivity index (χ0) is 17.1. The van der Waals surface area contributed by atoms with Crippen LogP contribution >= 0.6 is 0 Å². The lowest BCUT2D eigenvalue weighted by Gasteiger charge is -2.52. The van der Waals surface area contributed by atoms with E-state index in [1.807, 2.05) is 12.1 Å². The maximum absolute atomic E-state index is 11.5. The van der Waals surface area contributed by atoms with Crippen molar-refractivity contribution in [1.29, 1.82) is 0 Å². The van der Waals surface area contributed by atoms with E-state index in [-0.39, 0.29) is 17.5 Å². The van der Waals surface area contributed by atoms with Gasteiger partial charge in [-0.15, -0.1) is 0 Å².